The van der Waals surface area contributed by atoms with Gasteiger partial charge in [-0.3, -0.25) is 4.79 Å². The van der Waals surface area contributed by atoms with Crippen LogP contribution in [0, 0.1) is 5.82 Å². The molecule has 0 N–H and O–H groups in total. The van der Waals surface area contributed by atoms with Crippen molar-refractivity contribution in [3.63, 3.8) is 0 Å². The summed E-state index contributed by atoms with van der Waals surface area (Å²) in [4.78, 5) is 18.5. The fraction of sp³-hybridized carbons (Fsp3) is 0.286. The number of ether oxygens (including phenoxy) is 1. The van der Waals surface area contributed by atoms with E-state index in [0.717, 1.165) is 11.3 Å². The van der Waals surface area contributed by atoms with Crippen molar-refractivity contribution in [2.75, 3.05) is 18.6 Å². The van der Waals surface area contributed by atoms with Gasteiger partial charge in [0.1, 0.15) is 11.6 Å². The van der Waals surface area contributed by atoms with Gasteiger partial charge in [-0.15, -0.1) is 0 Å². The molecule has 0 aliphatic carbocycles. The van der Waals surface area contributed by atoms with Gasteiger partial charge in [0.15, 0.2) is 5.82 Å². The van der Waals surface area contributed by atoms with Crippen molar-refractivity contribution in [1.82, 2.24) is 10.1 Å². The molecule has 0 radical (unpaired) electrons. The van der Waals surface area contributed by atoms with E-state index in [4.69, 9.17) is 20.9 Å². The lowest BCUT2D eigenvalue weighted by Gasteiger charge is -2.16. The summed E-state index contributed by atoms with van der Waals surface area (Å²) in [6, 6.07) is 12.0. The minimum Gasteiger partial charge on any atom is -0.496 e. The summed E-state index contributed by atoms with van der Waals surface area (Å²) in [6.45, 7) is 0.395. The van der Waals surface area contributed by atoms with Crippen LogP contribution in [0.5, 0.6) is 5.75 Å². The van der Waals surface area contributed by atoms with Gasteiger partial charge in [0.2, 0.25) is 11.8 Å². The topological polar surface area (TPSA) is 68.5 Å². The lowest BCUT2D eigenvalue weighted by Crippen LogP contribution is -2.24. The zero-order valence-corrected chi connectivity index (χ0v) is 16.5. The summed E-state index contributed by atoms with van der Waals surface area (Å²) in [7, 11) is 1.64. The van der Waals surface area contributed by atoms with E-state index in [9.17, 15) is 9.18 Å². The summed E-state index contributed by atoms with van der Waals surface area (Å²) >= 11 is 5.84. The molecular formula is C21H19ClFN3O3. The second-order valence-electron chi connectivity index (χ2n) is 6.86. The van der Waals surface area contributed by atoms with Crippen LogP contribution in [0.1, 0.15) is 29.6 Å². The lowest BCUT2D eigenvalue weighted by molar-refractivity contribution is -0.117. The van der Waals surface area contributed by atoms with E-state index in [-0.39, 0.29) is 23.3 Å². The van der Waals surface area contributed by atoms with Crippen molar-refractivity contribution >= 4 is 23.2 Å². The van der Waals surface area contributed by atoms with Crippen LogP contribution >= 0.6 is 11.6 Å². The Labute approximate surface area is 172 Å². The second kappa shape index (κ2) is 8.21. The molecule has 0 unspecified atom stereocenters. The average molecular weight is 416 g/mol. The molecule has 2 aromatic carbocycles. The standard InChI is InChI=1S/C21H19ClFN3O3/c1-28-18-5-3-2-4-13(18)6-9-19-24-21(25-29-19)14-10-20(27)26(12-14)15-7-8-17(23)16(22)11-15/h2-5,7-8,11,14H,6,9-10,12H2,1H3/t14-/m0/s1. The molecule has 1 saturated heterocycles. The largest absolute Gasteiger partial charge is 0.496 e. The summed E-state index contributed by atoms with van der Waals surface area (Å²) in [5.74, 6) is 1.05. The highest BCUT2D eigenvalue weighted by Gasteiger charge is 2.34. The third kappa shape index (κ3) is 4.10. The maximum Gasteiger partial charge on any atom is 0.227 e. The predicted octanol–water partition coefficient (Wildman–Crippen LogP) is 4.18. The highest BCUT2D eigenvalue weighted by Crippen LogP contribution is 2.32. The summed E-state index contributed by atoms with van der Waals surface area (Å²) < 4.78 is 24.1. The zero-order chi connectivity index (χ0) is 20.4. The van der Waals surface area contributed by atoms with Crippen molar-refractivity contribution in [2.24, 2.45) is 0 Å². The smallest absolute Gasteiger partial charge is 0.227 e. The number of carbonyl (C=O) groups is 1. The van der Waals surface area contributed by atoms with Crippen molar-refractivity contribution in [3.05, 3.63) is 70.6 Å². The van der Waals surface area contributed by atoms with Gasteiger partial charge in [0.05, 0.1) is 12.1 Å². The minimum atomic E-state index is -0.517. The quantitative estimate of drug-likeness (QED) is 0.604. The Morgan fingerprint density at radius 2 is 2.10 bits per heavy atom. The Hall–Kier alpha value is -2.93. The van der Waals surface area contributed by atoms with Crippen LogP contribution in [0.25, 0.3) is 0 Å². The Bertz CT molecular complexity index is 1040. The number of methoxy groups -OCH3 is 1. The fourth-order valence-corrected chi connectivity index (χ4v) is 3.64. The Kier molecular flexibility index (Phi) is 5.49. The Morgan fingerprint density at radius 1 is 1.28 bits per heavy atom. The average Bonchev–Trinajstić information content (AvgIpc) is 3.35. The first-order chi connectivity index (χ1) is 14.0. The van der Waals surface area contributed by atoms with E-state index in [1.165, 1.54) is 18.2 Å². The van der Waals surface area contributed by atoms with Crippen molar-refractivity contribution in [3.8, 4) is 5.75 Å². The van der Waals surface area contributed by atoms with Gasteiger partial charge in [0, 0.05) is 31.0 Å². The number of aromatic nitrogens is 2. The highest BCUT2D eigenvalue weighted by molar-refractivity contribution is 6.31. The van der Waals surface area contributed by atoms with E-state index >= 15 is 0 Å². The van der Waals surface area contributed by atoms with Gasteiger partial charge < -0.3 is 14.2 Å². The van der Waals surface area contributed by atoms with E-state index in [2.05, 4.69) is 10.1 Å². The van der Waals surface area contributed by atoms with Gasteiger partial charge in [0.25, 0.3) is 0 Å². The van der Waals surface area contributed by atoms with Crippen molar-refractivity contribution < 1.29 is 18.4 Å². The lowest BCUT2D eigenvalue weighted by atomic mass is 10.1. The molecule has 8 heteroatoms. The molecule has 1 amide bonds. The third-order valence-electron chi connectivity index (χ3n) is 4.99. The molecule has 150 valence electrons. The molecule has 0 spiro atoms. The molecule has 1 aliphatic heterocycles. The van der Waals surface area contributed by atoms with Gasteiger partial charge in [-0.05, 0) is 36.2 Å². The van der Waals surface area contributed by atoms with Gasteiger partial charge in [-0.1, -0.05) is 35.0 Å². The maximum atomic E-state index is 13.4. The van der Waals surface area contributed by atoms with Gasteiger partial charge >= 0.3 is 0 Å². The van der Waals surface area contributed by atoms with Crippen LogP contribution in [0.4, 0.5) is 10.1 Å². The van der Waals surface area contributed by atoms with E-state index in [1.807, 2.05) is 24.3 Å². The van der Waals surface area contributed by atoms with Crippen LogP contribution in [-0.4, -0.2) is 29.7 Å². The van der Waals surface area contributed by atoms with E-state index in [0.29, 0.717) is 36.8 Å². The maximum absolute atomic E-state index is 13.4. The van der Waals surface area contributed by atoms with E-state index < -0.39 is 5.82 Å². The monoisotopic (exact) mass is 415 g/mol. The number of hydrogen-bond acceptors (Lipinski definition) is 5. The fourth-order valence-electron chi connectivity index (χ4n) is 3.47. The summed E-state index contributed by atoms with van der Waals surface area (Å²) in [6.07, 6.45) is 1.54. The minimum absolute atomic E-state index is 0.0167. The number of anilines is 1. The number of hydrogen-bond donors (Lipinski definition) is 0. The molecular weight excluding hydrogens is 397 g/mol. The van der Waals surface area contributed by atoms with Crippen molar-refractivity contribution in [1.29, 1.82) is 0 Å². The van der Waals surface area contributed by atoms with Crippen LogP contribution in [0.3, 0.4) is 0 Å². The first-order valence-electron chi connectivity index (χ1n) is 9.25. The first kappa shape index (κ1) is 19.4. The first-order valence-corrected chi connectivity index (χ1v) is 9.62. The molecule has 3 aromatic rings. The SMILES string of the molecule is COc1ccccc1CCc1nc([C@H]2CC(=O)N(c3ccc(F)c(Cl)c3)C2)no1. The van der Waals surface area contributed by atoms with E-state index in [1.54, 1.807) is 12.0 Å². The summed E-state index contributed by atoms with van der Waals surface area (Å²) in [5, 5.41) is 4.05. The molecule has 1 fully saturated rings. The van der Waals surface area contributed by atoms with Gasteiger partial charge in [-0.25, -0.2) is 4.39 Å². The number of benzene rings is 2. The van der Waals surface area contributed by atoms with Crippen LogP contribution in [0.2, 0.25) is 5.02 Å². The molecule has 6 nitrogen and oxygen atoms in total. The number of para-hydroxylation sites is 1. The summed E-state index contributed by atoms with van der Waals surface area (Å²) in [5.41, 5.74) is 1.62. The Morgan fingerprint density at radius 3 is 2.90 bits per heavy atom. The number of carbonyl (C=O) groups excluding carboxylic acids is 1. The normalized spacial score (nSPS) is 16.4. The molecule has 4 rings (SSSR count). The number of nitrogens with zero attached hydrogens (tertiary/aromatic N) is 3. The highest BCUT2D eigenvalue weighted by atomic mass is 35.5. The predicted molar refractivity (Wildman–Crippen MR) is 106 cm³/mol. The zero-order valence-electron chi connectivity index (χ0n) is 15.8. The molecule has 1 aliphatic rings. The molecule has 0 saturated carbocycles. The molecule has 1 atom stereocenters. The number of amides is 1. The van der Waals surface area contributed by atoms with Gasteiger partial charge in [-0.2, -0.15) is 4.98 Å². The number of aryl methyl sites for hydroxylation is 2. The number of halogens is 2. The van der Waals surface area contributed by atoms with Crippen LogP contribution in [0.15, 0.2) is 47.0 Å². The van der Waals surface area contributed by atoms with Crippen LogP contribution < -0.4 is 9.64 Å². The third-order valence-corrected chi connectivity index (χ3v) is 5.28. The van der Waals surface area contributed by atoms with Crippen molar-refractivity contribution in [2.45, 2.75) is 25.2 Å². The molecule has 29 heavy (non-hydrogen) atoms. The molecule has 0 bridgehead atoms. The number of rotatable bonds is 6. The second-order valence-corrected chi connectivity index (χ2v) is 7.27. The van der Waals surface area contributed by atoms with Crippen LogP contribution in [-0.2, 0) is 17.6 Å². The molecule has 2 heterocycles. The molecule has 1 aromatic heterocycles. The Balaban J connectivity index is 1.43.